The van der Waals surface area contributed by atoms with Crippen LogP contribution in [0.2, 0.25) is 0 Å². The van der Waals surface area contributed by atoms with Crippen LogP contribution >= 0.6 is 0 Å². The zero-order valence-electron chi connectivity index (χ0n) is 13.7. The minimum atomic E-state index is 0.0945. The largest absolute Gasteiger partial charge is 0.336 e. The van der Waals surface area contributed by atoms with Crippen molar-refractivity contribution in [1.82, 2.24) is 29.7 Å². The third-order valence-electron chi connectivity index (χ3n) is 4.56. The number of fused-ring (bicyclic) bond motifs is 1. The standard InChI is InChI=1S/C17H20N6O/c1-13-9-18-21(10-13)11-14-5-4-8-22(14)17(24)12-23-16-7-3-2-6-15(16)19-20-23/h2-3,6-7,9-10,14H,4-5,8,11-12H2,1H3. The number of amides is 1. The summed E-state index contributed by atoms with van der Waals surface area (Å²) in [6.45, 7) is 3.81. The van der Waals surface area contributed by atoms with Crippen LogP contribution in [0.4, 0.5) is 0 Å². The lowest BCUT2D eigenvalue weighted by Gasteiger charge is -2.24. The molecule has 1 atom stereocenters. The van der Waals surface area contributed by atoms with Gasteiger partial charge in [-0.2, -0.15) is 5.10 Å². The number of aromatic nitrogens is 5. The van der Waals surface area contributed by atoms with Crippen LogP contribution in [-0.4, -0.2) is 48.2 Å². The SMILES string of the molecule is Cc1cnn(CC2CCCN2C(=O)Cn2nnc3ccccc32)c1. The fraction of sp³-hybridized carbons (Fsp3) is 0.412. The van der Waals surface area contributed by atoms with Gasteiger partial charge in [0.05, 0.1) is 24.3 Å². The van der Waals surface area contributed by atoms with Gasteiger partial charge in [0.1, 0.15) is 12.1 Å². The van der Waals surface area contributed by atoms with Gasteiger partial charge in [-0.15, -0.1) is 5.10 Å². The molecule has 1 aliphatic heterocycles. The summed E-state index contributed by atoms with van der Waals surface area (Å²) in [6.07, 6.45) is 5.92. The number of carbonyl (C=O) groups excluding carboxylic acids is 1. The van der Waals surface area contributed by atoms with Crippen LogP contribution in [-0.2, 0) is 17.9 Å². The Morgan fingerprint density at radius 1 is 1.33 bits per heavy atom. The topological polar surface area (TPSA) is 68.8 Å². The zero-order valence-corrected chi connectivity index (χ0v) is 13.7. The molecule has 0 N–H and O–H groups in total. The van der Waals surface area contributed by atoms with Crippen molar-refractivity contribution in [2.75, 3.05) is 6.54 Å². The Balaban J connectivity index is 1.48. The number of hydrogen-bond donors (Lipinski definition) is 0. The molecule has 3 heterocycles. The van der Waals surface area contributed by atoms with Gasteiger partial charge in [0.25, 0.3) is 0 Å². The first-order valence-corrected chi connectivity index (χ1v) is 8.27. The van der Waals surface area contributed by atoms with Crippen molar-refractivity contribution < 1.29 is 4.79 Å². The molecule has 1 aliphatic rings. The van der Waals surface area contributed by atoms with Gasteiger partial charge >= 0.3 is 0 Å². The first-order chi connectivity index (χ1) is 11.7. The van der Waals surface area contributed by atoms with E-state index in [0.29, 0.717) is 0 Å². The van der Waals surface area contributed by atoms with Crippen molar-refractivity contribution in [3.63, 3.8) is 0 Å². The molecule has 0 aliphatic carbocycles. The highest BCUT2D eigenvalue weighted by Crippen LogP contribution is 2.20. The van der Waals surface area contributed by atoms with Crippen molar-refractivity contribution in [2.24, 2.45) is 0 Å². The van der Waals surface area contributed by atoms with Gasteiger partial charge in [-0.1, -0.05) is 17.3 Å². The molecule has 2 aromatic heterocycles. The molecule has 1 saturated heterocycles. The molecule has 0 bridgehead atoms. The maximum Gasteiger partial charge on any atom is 0.244 e. The van der Waals surface area contributed by atoms with Crippen LogP contribution in [0.5, 0.6) is 0 Å². The van der Waals surface area contributed by atoms with E-state index in [4.69, 9.17) is 0 Å². The average molecular weight is 324 g/mol. The van der Waals surface area contributed by atoms with Crippen LogP contribution in [0.1, 0.15) is 18.4 Å². The molecule has 0 radical (unpaired) electrons. The predicted octanol–water partition coefficient (Wildman–Crippen LogP) is 1.63. The zero-order chi connectivity index (χ0) is 16.5. The second-order valence-electron chi connectivity index (χ2n) is 6.36. The average Bonchev–Trinajstić information content (AvgIpc) is 3.29. The smallest absolute Gasteiger partial charge is 0.244 e. The molecule has 1 amide bonds. The van der Waals surface area contributed by atoms with Crippen molar-refractivity contribution in [3.05, 3.63) is 42.2 Å². The molecule has 0 saturated carbocycles. The summed E-state index contributed by atoms with van der Waals surface area (Å²) >= 11 is 0. The summed E-state index contributed by atoms with van der Waals surface area (Å²) in [6, 6.07) is 7.90. The quantitative estimate of drug-likeness (QED) is 0.731. The van der Waals surface area contributed by atoms with E-state index in [0.717, 1.165) is 42.5 Å². The van der Waals surface area contributed by atoms with Crippen molar-refractivity contribution >= 4 is 16.9 Å². The van der Waals surface area contributed by atoms with E-state index in [1.807, 2.05) is 53.2 Å². The fourth-order valence-corrected chi connectivity index (χ4v) is 3.39. The molecule has 0 spiro atoms. The van der Waals surface area contributed by atoms with Crippen molar-refractivity contribution in [1.29, 1.82) is 0 Å². The third kappa shape index (κ3) is 2.77. The van der Waals surface area contributed by atoms with E-state index >= 15 is 0 Å². The maximum absolute atomic E-state index is 12.8. The minimum absolute atomic E-state index is 0.0945. The Bertz CT molecular complexity index is 867. The monoisotopic (exact) mass is 324 g/mol. The van der Waals surface area contributed by atoms with Crippen molar-refractivity contribution in [3.8, 4) is 0 Å². The fourth-order valence-electron chi connectivity index (χ4n) is 3.39. The molecule has 7 nitrogen and oxygen atoms in total. The molecule has 124 valence electrons. The van der Waals surface area contributed by atoms with Crippen LogP contribution < -0.4 is 0 Å². The second kappa shape index (κ2) is 6.07. The lowest BCUT2D eigenvalue weighted by Crippen LogP contribution is -2.40. The van der Waals surface area contributed by atoms with Crippen LogP contribution in [0.3, 0.4) is 0 Å². The van der Waals surface area contributed by atoms with Crippen molar-refractivity contribution in [2.45, 2.75) is 38.9 Å². The number of nitrogens with zero attached hydrogens (tertiary/aromatic N) is 6. The van der Waals surface area contributed by atoms with Gasteiger partial charge in [-0.05, 0) is 37.5 Å². The normalized spacial score (nSPS) is 17.7. The van der Waals surface area contributed by atoms with Gasteiger partial charge in [-0.3, -0.25) is 9.48 Å². The summed E-state index contributed by atoms with van der Waals surface area (Å²) in [7, 11) is 0. The lowest BCUT2D eigenvalue weighted by molar-refractivity contribution is -0.133. The Kier molecular flexibility index (Phi) is 3.76. The van der Waals surface area contributed by atoms with Crippen LogP contribution in [0.15, 0.2) is 36.7 Å². The predicted molar refractivity (Wildman–Crippen MR) is 89.2 cm³/mol. The van der Waals surface area contributed by atoms with Gasteiger partial charge in [-0.25, -0.2) is 4.68 Å². The molecule has 1 unspecified atom stereocenters. The molecule has 24 heavy (non-hydrogen) atoms. The van der Waals surface area contributed by atoms with E-state index in [1.54, 1.807) is 4.68 Å². The van der Waals surface area contributed by atoms with E-state index < -0.39 is 0 Å². The molecule has 1 fully saturated rings. The number of para-hydroxylation sites is 1. The number of benzene rings is 1. The van der Waals surface area contributed by atoms with Crippen LogP contribution in [0, 0.1) is 6.92 Å². The summed E-state index contributed by atoms with van der Waals surface area (Å²) in [4.78, 5) is 14.7. The highest BCUT2D eigenvalue weighted by atomic mass is 16.2. The summed E-state index contributed by atoms with van der Waals surface area (Å²) in [5.74, 6) is 0.0945. The van der Waals surface area contributed by atoms with Gasteiger partial charge in [0.15, 0.2) is 0 Å². The Hall–Kier alpha value is -2.70. The Morgan fingerprint density at radius 3 is 3.04 bits per heavy atom. The number of hydrogen-bond acceptors (Lipinski definition) is 4. The second-order valence-corrected chi connectivity index (χ2v) is 6.36. The molecule has 4 rings (SSSR count). The third-order valence-corrected chi connectivity index (χ3v) is 4.56. The lowest BCUT2D eigenvalue weighted by atomic mass is 10.2. The van der Waals surface area contributed by atoms with Gasteiger partial charge in [0, 0.05) is 12.7 Å². The van der Waals surface area contributed by atoms with Gasteiger partial charge in [0.2, 0.25) is 5.91 Å². The number of rotatable bonds is 4. The number of likely N-dealkylation sites (tertiary alicyclic amines) is 1. The van der Waals surface area contributed by atoms with E-state index in [2.05, 4.69) is 15.4 Å². The number of carbonyl (C=O) groups is 1. The first-order valence-electron chi connectivity index (χ1n) is 8.27. The minimum Gasteiger partial charge on any atom is -0.336 e. The molecule has 7 heteroatoms. The highest BCUT2D eigenvalue weighted by molar-refractivity contribution is 5.80. The molecule has 3 aromatic rings. The molecular weight excluding hydrogens is 304 g/mol. The highest BCUT2D eigenvalue weighted by Gasteiger charge is 2.29. The summed E-state index contributed by atoms with van der Waals surface area (Å²) < 4.78 is 3.61. The first kappa shape index (κ1) is 14.9. The summed E-state index contributed by atoms with van der Waals surface area (Å²) in [5, 5.41) is 12.6. The van der Waals surface area contributed by atoms with Crippen LogP contribution in [0.25, 0.3) is 11.0 Å². The molecule has 1 aromatic carbocycles. The van der Waals surface area contributed by atoms with E-state index in [9.17, 15) is 4.79 Å². The Labute approximate surface area is 139 Å². The van der Waals surface area contributed by atoms with Gasteiger partial charge < -0.3 is 4.90 Å². The Morgan fingerprint density at radius 2 is 2.21 bits per heavy atom. The van der Waals surface area contributed by atoms with E-state index in [1.165, 1.54) is 0 Å². The molecular formula is C17H20N6O. The van der Waals surface area contributed by atoms with E-state index in [-0.39, 0.29) is 18.5 Å². The maximum atomic E-state index is 12.8. The number of aryl methyl sites for hydroxylation is 1. The summed E-state index contributed by atoms with van der Waals surface area (Å²) in [5.41, 5.74) is 2.85.